The van der Waals surface area contributed by atoms with E-state index in [0.29, 0.717) is 12.1 Å². The maximum atomic E-state index is 11.7. The van der Waals surface area contributed by atoms with E-state index in [-0.39, 0.29) is 11.7 Å². The summed E-state index contributed by atoms with van der Waals surface area (Å²) in [5.41, 5.74) is 7.26. The van der Waals surface area contributed by atoms with Gasteiger partial charge in [-0.2, -0.15) is 11.8 Å². The van der Waals surface area contributed by atoms with Crippen molar-refractivity contribution in [3.05, 3.63) is 23.8 Å². The first-order chi connectivity index (χ1) is 8.04. The molecule has 0 spiro atoms. The summed E-state index contributed by atoms with van der Waals surface area (Å²) < 4.78 is 0. The number of hydrogen-bond donors (Lipinski definition) is 3. The van der Waals surface area contributed by atoms with E-state index in [2.05, 4.69) is 5.32 Å². The Kier molecular flexibility index (Phi) is 5.31. The third kappa shape index (κ3) is 4.28. The van der Waals surface area contributed by atoms with E-state index in [4.69, 9.17) is 5.73 Å². The molecule has 4 N–H and O–H groups in total. The molecule has 1 aromatic rings. The van der Waals surface area contributed by atoms with Crippen molar-refractivity contribution in [2.24, 2.45) is 5.73 Å². The van der Waals surface area contributed by atoms with Gasteiger partial charge in [0.05, 0.1) is 6.04 Å². The fraction of sp³-hybridized carbons (Fsp3) is 0.417. The standard InChI is InChI=1S/C12H18N2O2S/c1-8-7-9(15)3-4-11(8)14-12(16)10(13)5-6-17-2/h3-4,7,10,15H,5-6,13H2,1-2H3,(H,14,16)/t10-/m0/s1. The Hall–Kier alpha value is -1.20. The number of benzene rings is 1. The van der Waals surface area contributed by atoms with Crippen LogP contribution in [-0.2, 0) is 4.79 Å². The molecule has 0 bridgehead atoms. The van der Waals surface area contributed by atoms with E-state index in [1.54, 1.807) is 23.9 Å². The molecule has 0 saturated heterocycles. The van der Waals surface area contributed by atoms with E-state index >= 15 is 0 Å². The highest BCUT2D eigenvalue weighted by Crippen LogP contribution is 2.20. The molecule has 0 unspecified atom stereocenters. The lowest BCUT2D eigenvalue weighted by atomic mass is 10.1. The minimum Gasteiger partial charge on any atom is -0.508 e. The van der Waals surface area contributed by atoms with Crippen LogP contribution in [0.15, 0.2) is 18.2 Å². The Morgan fingerprint density at radius 1 is 1.59 bits per heavy atom. The zero-order valence-electron chi connectivity index (χ0n) is 10.1. The van der Waals surface area contributed by atoms with Crippen LogP contribution < -0.4 is 11.1 Å². The van der Waals surface area contributed by atoms with E-state index < -0.39 is 6.04 Å². The summed E-state index contributed by atoms with van der Waals surface area (Å²) in [7, 11) is 0. The van der Waals surface area contributed by atoms with Crippen LogP contribution in [0.25, 0.3) is 0 Å². The topological polar surface area (TPSA) is 75.4 Å². The number of phenolic OH excluding ortho intramolecular Hbond substituents is 1. The quantitative estimate of drug-likeness (QED) is 0.699. The Morgan fingerprint density at radius 2 is 2.29 bits per heavy atom. The molecular weight excluding hydrogens is 236 g/mol. The molecule has 0 radical (unpaired) electrons. The van der Waals surface area contributed by atoms with Gasteiger partial charge < -0.3 is 16.2 Å². The number of thioether (sulfide) groups is 1. The van der Waals surface area contributed by atoms with Gasteiger partial charge in [0.25, 0.3) is 0 Å². The molecular formula is C12H18N2O2S. The van der Waals surface area contributed by atoms with Crippen molar-refractivity contribution in [1.29, 1.82) is 0 Å². The van der Waals surface area contributed by atoms with Gasteiger partial charge in [0, 0.05) is 5.69 Å². The number of carbonyl (C=O) groups is 1. The summed E-state index contributed by atoms with van der Waals surface area (Å²) in [6.45, 7) is 1.82. The molecule has 1 rings (SSSR count). The van der Waals surface area contributed by atoms with Crippen LogP contribution in [0.2, 0.25) is 0 Å². The third-order valence-corrected chi connectivity index (χ3v) is 3.08. The third-order valence-electron chi connectivity index (χ3n) is 2.44. The Labute approximate surface area is 106 Å². The van der Waals surface area contributed by atoms with Crippen LogP contribution in [0.4, 0.5) is 5.69 Å². The highest BCUT2D eigenvalue weighted by Gasteiger charge is 2.13. The first-order valence-corrected chi connectivity index (χ1v) is 6.79. The summed E-state index contributed by atoms with van der Waals surface area (Å²) in [5.74, 6) is 0.864. The van der Waals surface area contributed by atoms with Crippen molar-refractivity contribution >= 4 is 23.4 Å². The lowest BCUT2D eigenvalue weighted by molar-refractivity contribution is -0.117. The minimum absolute atomic E-state index is 0.187. The van der Waals surface area contributed by atoms with Gasteiger partial charge in [0.1, 0.15) is 5.75 Å². The monoisotopic (exact) mass is 254 g/mol. The van der Waals surface area contributed by atoms with E-state index in [1.807, 2.05) is 13.2 Å². The summed E-state index contributed by atoms with van der Waals surface area (Å²) >= 11 is 1.67. The number of hydrogen-bond acceptors (Lipinski definition) is 4. The number of anilines is 1. The molecule has 0 saturated carbocycles. The first kappa shape index (κ1) is 13.9. The normalized spacial score (nSPS) is 12.2. The molecule has 0 fully saturated rings. The van der Waals surface area contributed by atoms with Gasteiger partial charge in [-0.1, -0.05) is 0 Å². The van der Waals surface area contributed by atoms with Crippen molar-refractivity contribution < 1.29 is 9.90 Å². The molecule has 1 aromatic carbocycles. The van der Waals surface area contributed by atoms with Crippen LogP contribution in [-0.4, -0.2) is 29.1 Å². The van der Waals surface area contributed by atoms with Gasteiger partial charge in [-0.15, -0.1) is 0 Å². The summed E-state index contributed by atoms with van der Waals surface area (Å²) in [5, 5.41) is 12.0. The van der Waals surface area contributed by atoms with Crippen molar-refractivity contribution in [3.8, 4) is 5.75 Å². The Morgan fingerprint density at radius 3 is 2.88 bits per heavy atom. The highest BCUT2D eigenvalue weighted by molar-refractivity contribution is 7.98. The fourth-order valence-electron chi connectivity index (χ4n) is 1.39. The average molecular weight is 254 g/mol. The zero-order valence-corrected chi connectivity index (χ0v) is 10.9. The second kappa shape index (κ2) is 6.51. The molecule has 4 nitrogen and oxygen atoms in total. The van der Waals surface area contributed by atoms with E-state index in [0.717, 1.165) is 11.3 Å². The molecule has 0 aliphatic rings. The van der Waals surface area contributed by atoms with Crippen LogP contribution in [0.5, 0.6) is 5.75 Å². The Bertz CT molecular complexity index is 396. The zero-order chi connectivity index (χ0) is 12.8. The molecule has 1 amide bonds. The summed E-state index contributed by atoms with van der Waals surface area (Å²) in [6, 6.07) is 4.32. The number of nitrogens with two attached hydrogens (primary N) is 1. The second-order valence-electron chi connectivity index (χ2n) is 3.88. The number of carbonyl (C=O) groups excluding carboxylic acids is 1. The largest absolute Gasteiger partial charge is 0.508 e. The van der Waals surface area contributed by atoms with Crippen LogP contribution >= 0.6 is 11.8 Å². The predicted molar refractivity (Wildman–Crippen MR) is 72.4 cm³/mol. The van der Waals surface area contributed by atoms with Gasteiger partial charge in [-0.05, 0) is 49.1 Å². The van der Waals surface area contributed by atoms with E-state index in [9.17, 15) is 9.90 Å². The number of phenols is 1. The maximum absolute atomic E-state index is 11.7. The number of nitrogens with one attached hydrogen (secondary N) is 1. The van der Waals surface area contributed by atoms with Gasteiger partial charge in [0.2, 0.25) is 5.91 Å². The highest BCUT2D eigenvalue weighted by atomic mass is 32.2. The molecule has 5 heteroatoms. The molecule has 0 aliphatic carbocycles. The number of amides is 1. The lowest BCUT2D eigenvalue weighted by Crippen LogP contribution is -2.36. The Balaban J connectivity index is 2.61. The smallest absolute Gasteiger partial charge is 0.241 e. The van der Waals surface area contributed by atoms with Gasteiger partial charge in [-0.3, -0.25) is 4.79 Å². The number of rotatable bonds is 5. The van der Waals surface area contributed by atoms with Crippen molar-refractivity contribution in [2.75, 3.05) is 17.3 Å². The second-order valence-corrected chi connectivity index (χ2v) is 4.86. The van der Waals surface area contributed by atoms with Crippen molar-refractivity contribution in [1.82, 2.24) is 0 Å². The number of aromatic hydroxyl groups is 1. The fourth-order valence-corrected chi connectivity index (χ4v) is 1.88. The van der Waals surface area contributed by atoms with E-state index in [1.165, 1.54) is 6.07 Å². The molecule has 94 valence electrons. The maximum Gasteiger partial charge on any atom is 0.241 e. The van der Waals surface area contributed by atoms with Gasteiger partial charge in [0.15, 0.2) is 0 Å². The van der Waals surface area contributed by atoms with Crippen LogP contribution in [0.1, 0.15) is 12.0 Å². The first-order valence-electron chi connectivity index (χ1n) is 5.39. The predicted octanol–water partition coefficient (Wildman–Crippen LogP) is 1.72. The number of aryl methyl sites for hydroxylation is 1. The minimum atomic E-state index is -0.490. The van der Waals surface area contributed by atoms with Crippen molar-refractivity contribution in [3.63, 3.8) is 0 Å². The average Bonchev–Trinajstić information content (AvgIpc) is 2.29. The molecule has 0 heterocycles. The molecule has 1 atom stereocenters. The van der Waals surface area contributed by atoms with Gasteiger partial charge in [-0.25, -0.2) is 0 Å². The van der Waals surface area contributed by atoms with Gasteiger partial charge >= 0.3 is 0 Å². The summed E-state index contributed by atoms with van der Waals surface area (Å²) in [6.07, 6.45) is 2.64. The van der Waals surface area contributed by atoms with Crippen LogP contribution in [0.3, 0.4) is 0 Å². The summed E-state index contributed by atoms with van der Waals surface area (Å²) in [4.78, 5) is 11.7. The SMILES string of the molecule is CSCC[C@H](N)C(=O)Nc1ccc(O)cc1C. The molecule has 0 aromatic heterocycles. The van der Waals surface area contributed by atoms with Crippen molar-refractivity contribution in [2.45, 2.75) is 19.4 Å². The molecule has 17 heavy (non-hydrogen) atoms. The lowest BCUT2D eigenvalue weighted by Gasteiger charge is -2.13. The van der Waals surface area contributed by atoms with Crippen LogP contribution in [0, 0.1) is 6.92 Å². The molecule has 0 aliphatic heterocycles.